The normalized spacial score (nSPS) is 26.3. The topological polar surface area (TPSA) is 58.6 Å². The van der Waals surface area contributed by atoms with E-state index in [1.807, 2.05) is 13.8 Å². The maximum absolute atomic E-state index is 12.5. The Balaban J connectivity index is 1.49. The third-order valence-corrected chi connectivity index (χ3v) is 6.43. The Morgan fingerprint density at radius 2 is 1.70 bits per heavy atom. The van der Waals surface area contributed by atoms with Crippen LogP contribution >= 0.6 is 0 Å². The van der Waals surface area contributed by atoms with Crippen molar-refractivity contribution in [1.82, 2.24) is 9.62 Å². The smallest absolute Gasteiger partial charge is 0.215 e. The van der Waals surface area contributed by atoms with Gasteiger partial charge in [-0.3, -0.25) is 0 Å². The highest BCUT2D eigenvalue weighted by Gasteiger charge is 2.31. The Morgan fingerprint density at radius 1 is 1.13 bits per heavy atom. The minimum Gasteiger partial charge on any atom is -0.373 e. The molecule has 1 aromatic rings. The van der Waals surface area contributed by atoms with Crippen LogP contribution in [0.25, 0.3) is 0 Å². The Bertz CT molecular complexity index is 612. The quantitative estimate of drug-likeness (QED) is 0.876. The standard InChI is InChI=1S/C17H26N2O3S/c1-13-11-19(12-14(2)22-13)23(20,21)8-7-18-17-9-15-5-3-4-6-16(15)10-17/h3-6,13-14,17-18H,7-12H2,1-2H3/t13-,14+. The molecule has 128 valence electrons. The molecule has 1 heterocycles. The molecular formula is C17H26N2O3S. The number of fused-ring (bicyclic) bond motifs is 1. The summed E-state index contributed by atoms with van der Waals surface area (Å²) < 4.78 is 32.2. The van der Waals surface area contributed by atoms with Crippen molar-refractivity contribution in [3.63, 3.8) is 0 Å². The highest BCUT2D eigenvalue weighted by molar-refractivity contribution is 7.89. The first kappa shape index (κ1) is 16.9. The Morgan fingerprint density at radius 3 is 2.26 bits per heavy atom. The van der Waals surface area contributed by atoms with Crippen LogP contribution in [0, 0.1) is 0 Å². The molecule has 0 amide bonds. The lowest BCUT2D eigenvalue weighted by Crippen LogP contribution is -2.49. The zero-order valence-electron chi connectivity index (χ0n) is 13.9. The van der Waals surface area contributed by atoms with E-state index in [1.165, 1.54) is 11.1 Å². The minimum absolute atomic E-state index is 0.0363. The van der Waals surface area contributed by atoms with Gasteiger partial charge >= 0.3 is 0 Å². The van der Waals surface area contributed by atoms with Crippen molar-refractivity contribution < 1.29 is 13.2 Å². The molecule has 1 aliphatic heterocycles. The summed E-state index contributed by atoms with van der Waals surface area (Å²) in [7, 11) is -3.22. The summed E-state index contributed by atoms with van der Waals surface area (Å²) >= 11 is 0. The van der Waals surface area contributed by atoms with Crippen molar-refractivity contribution in [2.45, 2.75) is 44.9 Å². The van der Waals surface area contributed by atoms with Gasteiger partial charge in [0.1, 0.15) is 0 Å². The van der Waals surface area contributed by atoms with Gasteiger partial charge in [-0.15, -0.1) is 0 Å². The molecule has 1 saturated heterocycles. The number of hydrogen-bond acceptors (Lipinski definition) is 4. The molecule has 0 spiro atoms. The fourth-order valence-electron chi connectivity index (χ4n) is 3.58. The number of ether oxygens (including phenoxy) is 1. The molecule has 0 saturated carbocycles. The molecule has 0 unspecified atom stereocenters. The fourth-order valence-corrected chi connectivity index (χ4v) is 5.09. The van der Waals surface area contributed by atoms with Crippen LogP contribution in [0.2, 0.25) is 0 Å². The van der Waals surface area contributed by atoms with Crippen molar-refractivity contribution in [3.8, 4) is 0 Å². The molecule has 2 aliphatic rings. The number of morpholine rings is 1. The average Bonchev–Trinajstić information content (AvgIpc) is 2.88. The summed E-state index contributed by atoms with van der Waals surface area (Å²) in [6, 6.07) is 8.79. The van der Waals surface area contributed by atoms with E-state index in [2.05, 4.69) is 29.6 Å². The van der Waals surface area contributed by atoms with Crippen molar-refractivity contribution in [1.29, 1.82) is 0 Å². The van der Waals surface area contributed by atoms with Gasteiger partial charge in [0, 0.05) is 25.7 Å². The number of sulfonamides is 1. The molecule has 6 heteroatoms. The van der Waals surface area contributed by atoms with Crippen LogP contribution in [0.15, 0.2) is 24.3 Å². The lowest BCUT2D eigenvalue weighted by Gasteiger charge is -2.34. The van der Waals surface area contributed by atoms with E-state index in [0.29, 0.717) is 25.7 Å². The average molecular weight is 338 g/mol. The van der Waals surface area contributed by atoms with E-state index in [1.54, 1.807) is 4.31 Å². The highest BCUT2D eigenvalue weighted by atomic mass is 32.2. The molecule has 0 bridgehead atoms. The third kappa shape index (κ3) is 4.12. The summed E-state index contributed by atoms with van der Waals surface area (Å²) in [4.78, 5) is 0. The molecule has 23 heavy (non-hydrogen) atoms. The predicted octanol–water partition coefficient (Wildman–Crippen LogP) is 1.18. The van der Waals surface area contributed by atoms with Crippen molar-refractivity contribution >= 4 is 10.0 Å². The van der Waals surface area contributed by atoms with E-state index < -0.39 is 10.0 Å². The van der Waals surface area contributed by atoms with Crippen LogP contribution in [0.3, 0.4) is 0 Å². The van der Waals surface area contributed by atoms with E-state index in [4.69, 9.17) is 4.74 Å². The van der Waals surface area contributed by atoms with E-state index in [0.717, 1.165) is 12.8 Å². The fraction of sp³-hybridized carbons (Fsp3) is 0.647. The SMILES string of the molecule is C[C@@H]1CN(S(=O)(=O)CCNC2Cc3ccccc3C2)C[C@H](C)O1. The zero-order valence-corrected chi connectivity index (χ0v) is 14.7. The van der Waals surface area contributed by atoms with Gasteiger partial charge in [0.2, 0.25) is 10.0 Å². The van der Waals surface area contributed by atoms with Gasteiger partial charge in [0.15, 0.2) is 0 Å². The molecule has 2 atom stereocenters. The van der Waals surface area contributed by atoms with E-state index >= 15 is 0 Å². The molecule has 1 aromatic carbocycles. The number of nitrogens with one attached hydrogen (secondary N) is 1. The maximum atomic E-state index is 12.5. The van der Waals surface area contributed by atoms with Gasteiger partial charge in [0.25, 0.3) is 0 Å². The molecule has 0 radical (unpaired) electrons. The first-order valence-corrected chi connectivity index (χ1v) is 9.98. The van der Waals surface area contributed by atoms with Gasteiger partial charge in [-0.25, -0.2) is 8.42 Å². The second kappa shape index (κ2) is 6.89. The van der Waals surface area contributed by atoms with E-state index in [9.17, 15) is 8.42 Å². The molecule has 0 aromatic heterocycles. The summed E-state index contributed by atoms with van der Waals surface area (Å²) in [6.07, 6.45) is 1.90. The lowest BCUT2D eigenvalue weighted by molar-refractivity contribution is -0.0440. The third-order valence-electron chi connectivity index (χ3n) is 4.62. The van der Waals surface area contributed by atoms with Gasteiger partial charge in [-0.05, 0) is 37.8 Å². The molecule has 5 nitrogen and oxygen atoms in total. The second-order valence-electron chi connectivity index (χ2n) is 6.72. The summed E-state index contributed by atoms with van der Waals surface area (Å²) in [6.45, 7) is 5.27. The van der Waals surface area contributed by atoms with Crippen LogP contribution in [0.1, 0.15) is 25.0 Å². The number of nitrogens with zero attached hydrogens (tertiary/aromatic N) is 1. The minimum atomic E-state index is -3.22. The first-order valence-electron chi connectivity index (χ1n) is 8.37. The predicted molar refractivity (Wildman–Crippen MR) is 91.0 cm³/mol. The van der Waals surface area contributed by atoms with Gasteiger partial charge in [-0.2, -0.15) is 4.31 Å². The Hall–Kier alpha value is -0.950. The summed E-state index contributed by atoms with van der Waals surface area (Å²) in [5, 5.41) is 3.41. The summed E-state index contributed by atoms with van der Waals surface area (Å²) in [5.74, 6) is 0.152. The zero-order chi connectivity index (χ0) is 16.4. The van der Waals surface area contributed by atoms with Crippen LogP contribution < -0.4 is 5.32 Å². The monoisotopic (exact) mass is 338 g/mol. The van der Waals surface area contributed by atoms with E-state index in [-0.39, 0.29) is 18.0 Å². The van der Waals surface area contributed by atoms with Crippen molar-refractivity contribution in [2.75, 3.05) is 25.4 Å². The molecular weight excluding hydrogens is 312 g/mol. The van der Waals surface area contributed by atoms with Crippen LogP contribution in [-0.4, -0.2) is 56.4 Å². The molecule has 1 aliphatic carbocycles. The van der Waals surface area contributed by atoms with Gasteiger partial charge < -0.3 is 10.1 Å². The lowest BCUT2D eigenvalue weighted by atomic mass is 10.1. The highest BCUT2D eigenvalue weighted by Crippen LogP contribution is 2.21. The molecule has 1 fully saturated rings. The van der Waals surface area contributed by atoms with Crippen LogP contribution in [-0.2, 0) is 27.6 Å². The second-order valence-corrected chi connectivity index (χ2v) is 8.81. The molecule has 3 rings (SSSR count). The number of benzene rings is 1. The number of rotatable bonds is 5. The van der Waals surface area contributed by atoms with Crippen LogP contribution in [0.4, 0.5) is 0 Å². The van der Waals surface area contributed by atoms with Gasteiger partial charge in [-0.1, -0.05) is 24.3 Å². The van der Waals surface area contributed by atoms with Gasteiger partial charge in [0.05, 0.1) is 18.0 Å². The Kier molecular flexibility index (Phi) is 5.06. The largest absolute Gasteiger partial charge is 0.373 e. The maximum Gasteiger partial charge on any atom is 0.215 e. The summed E-state index contributed by atoms with van der Waals surface area (Å²) in [5.41, 5.74) is 2.76. The van der Waals surface area contributed by atoms with Crippen molar-refractivity contribution in [3.05, 3.63) is 35.4 Å². The van der Waals surface area contributed by atoms with Crippen molar-refractivity contribution in [2.24, 2.45) is 0 Å². The number of hydrogen-bond donors (Lipinski definition) is 1. The Labute approximate surface area is 139 Å². The molecule has 1 N–H and O–H groups in total. The van der Waals surface area contributed by atoms with Crippen LogP contribution in [0.5, 0.6) is 0 Å². The first-order chi connectivity index (χ1) is 10.9.